The van der Waals surface area contributed by atoms with E-state index in [1.54, 1.807) is 23.1 Å². The Bertz CT molecular complexity index is 1160. The number of aromatic nitrogens is 4. The van der Waals surface area contributed by atoms with Crippen LogP contribution in [0.5, 0.6) is 0 Å². The molecule has 4 rings (SSSR count). The van der Waals surface area contributed by atoms with E-state index in [9.17, 15) is 0 Å². The molecule has 0 aliphatic heterocycles. The Morgan fingerprint density at radius 1 is 0.969 bits per heavy atom. The van der Waals surface area contributed by atoms with Crippen LogP contribution in [0.25, 0.3) is 22.0 Å². The van der Waals surface area contributed by atoms with Crippen molar-refractivity contribution >= 4 is 28.8 Å². The molecule has 0 amide bonds. The van der Waals surface area contributed by atoms with Crippen LogP contribution >= 0.6 is 23.1 Å². The number of thiazole rings is 1. The van der Waals surface area contributed by atoms with Gasteiger partial charge in [0, 0.05) is 47.6 Å². The molecule has 0 saturated carbocycles. The van der Waals surface area contributed by atoms with Crippen LogP contribution in [0.1, 0.15) is 32.0 Å². The Hall–Kier alpha value is -2.64. The highest BCUT2D eigenvalue weighted by Gasteiger charge is 2.15. The largest absolute Gasteiger partial charge is 0.372 e. The topological polar surface area (TPSA) is 46.8 Å². The van der Waals surface area contributed by atoms with Gasteiger partial charge in [-0.25, -0.2) is 4.98 Å². The summed E-state index contributed by atoms with van der Waals surface area (Å²) >= 11 is 3.39. The van der Waals surface area contributed by atoms with Gasteiger partial charge in [0.15, 0.2) is 11.0 Å². The van der Waals surface area contributed by atoms with Gasteiger partial charge in [-0.1, -0.05) is 36.0 Å². The van der Waals surface area contributed by atoms with Crippen LogP contribution in [0.15, 0.2) is 59.1 Å². The smallest absolute Gasteiger partial charge is 0.191 e. The molecule has 0 unspecified atom stereocenters. The van der Waals surface area contributed by atoms with Crippen molar-refractivity contribution in [3.63, 3.8) is 0 Å². The minimum atomic E-state index is 0.779. The summed E-state index contributed by atoms with van der Waals surface area (Å²) in [5.74, 6) is 1.70. The minimum absolute atomic E-state index is 0.779. The Morgan fingerprint density at radius 2 is 1.72 bits per heavy atom. The summed E-state index contributed by atoms with van der Waals surface area (Å²) in [4.78, 5) is 7.20. The third kappa shape index (κ3) is 4.74. The van der Waals surface area contributed by atoms with Gasteiger partial charge in [0.1, 0.15) is 5.01 Å². The molecule has 0 aliphatic carbocycles. The average Bonchev–Trinajstić information content (AvgIpc) is 3.46. The lowest BCUT2D eigenvalue weighted by Gasteiger charge is -2.21. The number of rotatable bonds is 9. The molecular weight excluding hydrogens is 434 g/mol. The van der Waals surface area contributed by atoms with Crippen LogP contribution < -0.4 is 4.90 Å². The predicted molar refractivity (Wildman–Crippen MR) is 137 cm³/mol. The number of anilines is 1. The van der Waals surface area contributed by atoms with Gasteiger partial charge in [-0.05, 0) is 57.5 Å². The minimum Gasteiger partial charge on any atom is -0.372 e. The van der Waals surface area contributed by atoms with Crippen molar-refractivity contribution in [2.45, 2.75) is 45.1 Å². The molecule has 0 N–H and O–H groups in total. The third-order valence-corrected chi connectivity index (χ3v) is 7.49. The molecule has 5 nitrogen and oxygen atoms in total. The molecule has 0 saturated heterocycles. The first-order valence-corrected chi connectivity index (χ1v) is 12.9. The Kier molecular flexibility index (Phi) is 7.27. The SMILES string of the molecule is CCN(CC)c1ccc(-c2nnc(SCc3csc(-c4ccccc4C)n3)n2CC)cc1. The molecule has 7 heteroatoms. The van der Waals surface area contributed by atoms with E-state index < -0.39 is 0 Å². The van der Waals surface area contributed by atoms with Crippen molar-refractivity contribution in [2.24, 2.45) is 0 Å². The maximum atomic E-state index is 4.85. The van der Waals surface area contributed by atoms with Crippen LogP contribution in [-0.2, 0) is 12.3 Å². The monoisotopic (exact) mass is 463 g/mol. The lowest BCUT2D eigenvalue weighted by atomic mass is 10.1. The van der Waals surface area contributed by atoms with E-state index in [4.69, 9.17) is 4.98 Å². The fourth-order valence-corrected chi connectivity index (χ4v) is 5.66. The number of aryl methyl sites for hydroxylation is 1. The lowest BCUT2D eigenvalue weighted by Crippen LogP contribution is -2.21. The lowest BCUT2D eigenvalue weighted by molar-refractivity contribution is 0.687. The zero-order valence-corrected chi connectivity index (χ0v) is 20.7. The second-order valence-electron chi connectivity index (χ2n) is 7.52. The highest BCUT2D eigenvalue weighted by Crippen LogP contribution is 2.31. The van der Waals surface area contributed by atoms with E-state index in [0.717, 1.165) is 52.6 Å². The van der Waals surface area contributed by atoms with E-state index in [1.165, 1.54) is 16.8 Å². The second-order valence-corrected chi connectivity index (χ2v) is 9.32. The standard InChI is InChI=1S/C25H29N5S2/c1-5-29(6-2)21-14-12-19(13-15-21)23-27-28-25(30(23)7-3)32-17-20-16-31-24(26-20)22-11-9-8-10-18(22)4/h8-16H,5-7,17H2,1-4H3. The Morgan fingerprint density at radius 3 is 2.41 bits per heavy atom. The second kappa shape index (κ2) is 10.3. The summed E-state index contributed by atoms with van der Waals surface area (Å²) in [5, 5.41) is 13.2. The fourth-order valence-electron chi connectivity index (χ4n) is 3.75. The number of thioether (sulfide) groups is 1. The number of hydrogen-bond acceptors (Lipinski definition) is 6. The van der Waals surface area contributed by atoms with Crippen LogP contribution in [0.4, 0.5) is 5.69 Å². The van der Waals surface area contributed by atoms with Crippen molar-refractivity contribution in [1.29, 1.82) is 0 Å². The predicted octanol–water partition coefficient (Wildman–Crippen LogP) is 6.54. The highest BCUT2D eigenvalue weighted by atomic mass is 32.2. The first-order valence-electron chi connectivity index (χ1n) is 11.1. The van der Waals surface area contributed by atoms with E-state index in [0.29, 0.717) is 0 Å². The first kappa shape index (κ1) is 22.6. The van der Waals surface area contributed by atoms with Gasteiger partial charge in [-0.3, -0.25) is 0 Å². The van der Waals surface area contributed by atoms with Crippen molar-refractivity contribution in [1.82, 2.24) is 19.7 Å². The van der Waals surface area contributed by atoms with Gasteiger partial charge in [0.25, 0.3) is 0 Å². The molecular formula is C25H29N5S2. The van der Waals surface area contributed by atoms with Crippen LogP contribution in [0.3, 0.4) is 0 Å². The molecule has 0 fully saturated rings. The summed E-state index contributed by atoms with van der Waals surface area (Å²) in [6.07, 6.45) is 0. The summed E-state index contributed by atoms with van der Waals surface area (Å²) < 4.78 is 2.19. The van der Waals surface area contributed by atoms with Crippen LogP contribution in [0.2, 0.25) is 0 Å². The molecule has 0 atom stereocenters. The average molecular weight is 464 g/mol. The number of nitrogens with zero attached hydrogens (tertiary/aromatic N) is 5. The normalized spacial score (nSPS) is 11.1. The summed E-state index contributed by atoms with van der Waals surface area (Å²) in [7, 11) is 0. The van der Waals surface area contributed by atoms with Gasteiger partial charge in [-0.2, -0.15) is 0 Å². The van der Waals surface area contributed by atoms with Gasteiger partial charge in [0.2, 0.25) is 0 Å². The van der Waals surface area contributed by atoms with Crippen molar-refractivity contribution in [2.75, 3.05) is 18.0 Å². The summed E-state index contributed by atoms with van der Waals surface area (Å²) in [5.41, 5.74) is 5.87. The molecule has 32 heavy (non-hydrogen) atoms. The zero-order chi connectivity index (χ0) is 22.5. The first-order chi connectivity index (χ1) is 15.6. The quantitative estimate of drug-likeness (QED) is 0.264. The fraction of sp³-hybridized carbons (Fsp3) is 0.320. The Balaban J connectivity index is 1.49. The molecule has 0 spiro atoms. The molecule has 2 heterocycles. The summed E-state index contributed by atoms with van der Waals surface area (Å²) in [6, 6.07) is 17.0. The van der Waals surface area contributed by atoms with Crippen LogP contribution in [0, 0.1) is 6.92 Å². The van der Waals surface area contributed by atoms with E-state index in [-0.39, 0.29) is 0 Å². The molecule has 0 radical (unpaired) electrons. The maximum Gasteiger partial charge on any atom is 0.191 e. The maximum absolute atomic E-state index is 4.85. The zero-order valence-electron chi connectivity index (χ0n) is 19.1. The molecule has 4 aromatic rings. The molecule has 0 bridgehead atoms. The van der Waals surface area contributed by atoms with Gasteiger partial charge in [0.05, 0.1) is 5.69 Å². The molecule has 2 aromatic carbocycles. The summed E-state index contributed by atoms with van der Waals surface area (Å²) in [6.45, 7) is 11.5. The van der Waals surface area contributed by atoms with Crippen molar-refractivity contribution < 1.29 is 0 Å². The third-order valence-electron chi connectivity index (χ3n) is 5.56. The van der Waals surface area contributed by atoms with E-state index in [2.05, 4.69) is 101 Å². The number of benzene rings is 2. The van der Waals surface area contributed by atoms with Gasteiger partial charge in [-0.15, -0.1) is 21.5 Å². The van der Waals surface area contributed by atoms with Crippen LogP contribution in [-0.4, -0.2) is 32.8 Å². The van der Waals surface area contributed by atoms with Gasteiger partial charge >= 0.3 is 0 Å². The van der Waals surface area contributed by atoms with E-state index in [1.807, 2.05) is 0 Å². The van der Waals surface area contributed by atoms with Crippen molar-refractivity contribution in [3.05, 3.63) is 65.2 Å². The molecule has 0 aliphatic rings. The van der Waals surface area contributed by atoms with Gasteiger partial charge < -0.3 is 9.47 Å². The highest BCUT2D eigenvalue weighted by molar-refractivity contribution is 7.98. The number of hydrogen-bond donors (Lipinski definition) is 0. The van der Waals surface area contributed by atoms with Crippen molar-refractivity contribution in [3.8, 4) is 22.0 Å². The molecule has 166 valence electrons. The van der Waals surface area contributed by atoms with E-state index >= 15 is 0 Å². The Labute approximate surface area is 198 Å². The molecule has 2 aromatic heterocycles.